The highest BCUT2D eigenvalue weighted by Crippen LogP contribution is 2.24. The molecule has 0 aromatic heterocycles. The van der Waals surface area contributed by atoms with E-state index in [1.54, 1.807) is 6.07 Å². The second kappa shape index (κ2) is 5.49. The Bertz CT molecular complexity index is 394. The van der Waals surface area contributed by atoms with Gasteiger partial charge in [0.25, 0.3) is 0 Å². The van der Waals surface area contributed by atoms with E-state index in [0.29, 0.717) is 5.92 Å². The summed E-state index contributed by atoms with van der Waals surface area (Å²) in [4.78, 5) is 2.36. The van der Waals surface area contributed by atoms with Gasteiger partial charge in [-0.25, -0.2) is 4.39 Å². The quantitative estimate of drug-likeness (QED) is 0.796. The van der Waals surface area contributed by atoms with Crippen LogP contribution in [0.15, 0.2) is 22.7 Å². The zero-order chi connectivity index (χ0) is 12.4. The lowest BCUT2D eigenvalue weighted by Crippen LogP contribution is -2.38. The van der Waals surface area contributed by atoms with E-state index in [-0.39, 0.29) is 5.82 Å². The highest BCUT2D eigenvalue weighted by atomic mass is 79.9. The minimum atomic E-state index is -0.106. The molecule has 1 aromatic rings. The third kappa shape index (κ3) is 3.29. The second-order valence-electron chi connectivity index (χ2n) is 5.21. The third-order valence-corrected chi connectivity index (χ3v) is 4.32. The van der Waals surface area contributed by atoms with Crippen LogP contribution >= 0.6 is 15.9 Å². The average Bonchev–Trinajstić information content (AvgIpc) is 2.27. The lowest BCUT2D eigenvalue weighted by Gasteiger charge is -2.35. The predicted molar refractivity (Wildman–Crippen MR) is 72.3 cm³/mol. The van der Waals surface area contributed by atoms with Crippen molar-refractivity contribution in [3.63, 3.8) is 0 Å². The minimum Gasteiger partial charge on any atom is -0.299 e. The molecule has 2 atom stereocenters. The molecule has 94 valence electrons. The summed E-state index contributed by atoms with van der Waals surface area (Å²) in [6.45, 7) is 7.49. The Morgan fingerprint density at radius 1 is 1.35 bits per heavy atom. The van der Waals surface area contributed by atoms with Gasteiger partial charge in [0, 0.05) is 23.1 Å². The lowest BCUT2D eigenvalue weighted by molar-refractivity contribution is 0.131. The molecule has 1 heterocycles. The summed E-state index contributed by atoms with van der Waals surface area (Å²) in [5, 5.41) is 0. The van der Waals surface area contributed by atoms with Crippen molar-refractivity contribution in [1.29, 1.82) is 0 Å². The summed E-state index contributed by atoms with van der Waals surface area (Å²) < 4.78 is 14.5. The van der Waals surface area contributed by atoms with Gasteiger partial charge in [0.2, 0.25) is 0 Å². The van der Waals surface area contributed by atoms with Crippen LogP contribution in [0.25, 0.3) is 0 Å². The monoisotopic (exact) mass is 299 g/mol. The summed E-state index contributed by atoms with van der Waals surface area (Å²) in [6.07, 6.45) is 1.22. The summed E-state index contributed by atoms with van der Waals surface area (Å²) in [5.74, 6) is 1.40. The smallest absolute Gasteiger partial charge is 0.128 e. The van der Waals surface area contributed by atoms with E-state index >= 15 is 0 Å². The first kappa shape index (κ1) is 13.0. The van der Waals surface area contributed by atoms with Gasteiger partial charge in [-0.1, -0.05) is 35.8 Å². The van der Waals surface area contributed by atoms with Crippen molar-refractivity contribution in [1.82, 2.24) is 4.90 Å². The van der Waals surface area contributed by atoms with Gasteiger partial charge < -0.3 is 0 Å². The van der Waals surface area contributed by atoms with Crippen LogP contribution in [0.2, 0.25) is 0 Å². The van der Waals surface area contributed by atoms with Gasteiger partial charge in [0.15, 0.2) is 0 Å². The Kier molecular flexibility index (Phi) is 4.21. The molecule has 2 unspecified atom stereocenters. The molecule has 0 spiro atoms. The van der Waals surface area contributed by atoms with E-state index in [2.05, 4.69) is 34.7 Å². The van der Waals surface area contributed by atoms with Crippen LogP contribution in [0.4, 0.5) is 4.39 Å². The molecule has 1 aliphatic heterocycles. The van der Waals surface area contributed by atoms with E-state index in [4.69, 9.17) is 0 Å². The minimum absolute atomic E-state index is 0.106. The second-order valence-corrected chi connectivity index (χ2v) is 6.13. The van der Waals surface area contributed by atoms with Gasteiger partial charge in [-0.3, -0.25) is 4.90 Å². The summed E-state index contributed by atoms with van der Waals surface area (Å²) in [7, 11) is 0. The molecular formula is C14H19BrFN. The molecule has 1 aromatic carbocycles. The number of piperidine rings is 1. The van der Waals surface area contributed by atoms with Crippen molar-refractivity contribution < 1.29 is 4.39 Å². The molecule has 17 heavy (non-hydrogen) atoms. The lowest BCUT2D eigenvalue weighted by atomic mass is 9.88. The number of hydrogen-bond acceptors (Lipinski definition) is 1. The van der Waals surface area contributed by atoms with E-state index in [9.17, 15) is 4.39 Å². The Morgan fingerprint density at radius 2 is 2.12 bits per heavy atom. The topological polar surface area (TPSA) is 3.24 Å². The average molecular weight is 300 g/mol. The molecular weight excluding hydrogens is 281 g/mol. The van der Waals surface area contributed by atoms with E-state index < -0.39 is 0 Å². The first-order valence-corrected chi connectivity index (χ1v) is 7.02. The molecule has 1 saturated heterocycles. The number of hydrogen-bond donors (Lipinski definition) is 0. The first-order chi connectivity index (χ1) is 8.06. The van der Waals surface area contributed by atoms with Crippen molar-refractivity contribution in [3.8, 4) is 0 Å². The largest absolute Gasteiger partial charge is 0.299 e. The fourth-order valence-corrected chi connectivity index (χ4v) is 2.72. The van der Waals surface area contributed by atoms with Crippen LogP contribution in [0.3, 0.4) is 0 Å². The molecule has 0 bridgehead atoms. The molecule has 3 heteroatoms. The summed E-state index contributed by atoms with van der Waals surface area (Å²) in [6, 6.07) is 5.34. The summed E-state index contributed by atoms with van der Waals surface area (Å²) in [5.41, 5.74) is 0.801. The maximum atomic E-state index is 13.7. The fourth-order valence-electron chi connectivity index (χ4n) is 2.38. The molecule has 0 aliphatic carbocycles. The molecule has 0 N–H and O–H groups in total. The number of benzene rings is 1. The highest BCUT2D eigenvalue weighted by Gasteiger charge is 2.23. The van der Waals surface area contributed by atoms with Crippen molar-refractivity contribution >= 4 is 15.9 Å². The SMILES string of the molecule is CC1CCN(Cc2ccc(Br)cc2F)CC1C. The van der Waals surface area contributed by atoms with Gasteiger partial charge in [-0.05, 0) is 36.9 Å². The first-order valence-electron chi connectivity index (χ1n) is 6.22. The molecule has 1 aliphatic rings. The number of likely N-dealkylation sites (tertiary alicyclic amines) is 1. The normalized spacial score (nSPS) is 26.1. The third-order valence-electron chi connectivity index (χ3n) is 3.83. The van der Waals surface area contributed by atoms with Crippen molar-refractivity contribution in [2.75, 3.05) is 13.1 Å². The van der Waals surface area contributed by atoms with Crippen LogP contribution in [-0.4, -0.2) is 18.0 Å². The Labute approximate surface area is 111 Å². The van der Waals surface area contributed by atoms with Crippen LogP contribution in [-0.2, 0) is 6.54 Å². The Balaban J connectivity index is 2.01. The summed E-state index contributed by atoms with van der Waals surface area (Å²) >= 11 is 3.29. The Hall–Kier alpha value is -0.410. The zero-order valence-electron chi connectivity index (χ0n) is 10.4. The number of halogens is 2. The van der Waals surface area contributed by atoms with Gasteiger partial charge in [0.05, 0.1) is 0 Å². The van der Waals surface area contributed by atoms with Crippen LogP contribution < -0.4 is 0 Å². The molecule has 0 saturated carbocycles. The van der Waals surface area contributed by atoms with Crippen molar-refractivity contribution in [2.45, 2.75) is 26.8 Å². The number of nitrogens with zero attached hydrogens (tertiary/aromatic N) is 1. The molecule has 0 radical (unpaired) electrons. The van der Waals surface area contributed by atoms with Crippen molar-refractivity contribution in [3.05, 3.63) is 34.1 Å². The van der Waals surface area contributed by atoms with Gasteiger partial charge >= 0.3 is 0 Å². The van der Waals surface area contributed by atoms with Gasteiger partial charge in [-0.2, -0.15) is 0 Å². The maximum absolute atomic E-state index is 13.7. The van der Waals surface area contributed by atoms with E-state index in [1.165, 1.54) is 6.42 Å². The molecule has 1 fully saturated rings. The standard InChI is InChI=1S/C14H19BrFN/c1-10-5-6-17(8-11(10)2)9-12-3-4-13(15)7-14(12)16/h3-4,7,10-11H,5-6,8-9H2,1-2H3. The molecule has 1 nitrogen and oxygen atoms in total. The van der Waals surface area contributed by atoms with E-state index in [1.807, 2.05) is 12.1 Å². The zero-order valence-corrected chi connectivity index (χ0v) is 12.0. The number of rotatable bonds is 2. The maximum Gasteiger partial charge on any atom is 0.128 e. The molecule has 0 amide bonds. The Morgan fingerprint density at radius 3 is 2.76 bits per heavy atom. The fraction of sp³-hybridized carbons (Fsp3) is 0.571. The van der Waals surface area contributed by atoms with Crippen LogP contribution in [0.5, 0.6) is 0 Å². The van der Waals surface area contributed by atoms with Crippen molar-refractivity contribution in [2.24, 2.45) is 11.8 Å². The van der Waals surface area contributed by atoms with Gasteiger partial charge in [0.1, 0.15) is 5.82 Å². The predicted octanol–water partition coefficient (Wildman–Crippen LogP) is 4.07. The highest BCUT2D eigenvalue weighted by molar-refractivity contribution is 9.10. The molecule has 2 rings (SSSR count). The van der Waals surface area contributed by atoms with Crippen LogP contribution in [0.1, 0.15) is 25.8 Å². The van der Waals surface area contributed by atoms with Gasteiger partial charge in [-0.15, -0.1) is 0 Å². The van der Waals surface area contributed by atoms with Crippen LogP contribution in [0, 0.1) is 17.7 Å². The van der Waals surface area contributed by atoms with E-state index in [0.717, 1.165) is 35.6 Å².